The molecule has 0 saturated carbocycles. The van der Waals surface area contributed by atoms with E-state index in [9.17, 15) is 13.2 Å². The molecule has 6 heteroatoms. The Morgan fingerprint density at radius 1 is 1.13 bits per heavy atom. The van der Waals surface area contributed by atoms with Gasteiger partial charge in [0.15, 0.2) is 11.6 Å². The van der Waals surface area contributed by atoms with E-state index >= 15 is 0 Å². The van der Waals surface area contributed by atoms with Crippen LogP contribution in [-0.4, -0.2) is 15.6 Å². The molecule has 2 N–H and O–H groups in total. The average Bonchev–Trinajstić information content (AvgIpc) is 2.85. The molecule has 3 rings (SSSR count). The van der Waals surface area contributed by atoms with E-state index in [-0.39, 0.29) is 6.04 Å². The van der Waals surface area contributed by atoms with Gasteiger partial charge in [-0.1, -0.05) is 19.1 Å². The number of halogens is 3. The van der Waals surface area contributed by atoms with Crippen molar-refractivity contribution in [3.8, 4) is 11.4 Å². The minimum absolute atomic E-state index is 0.173. The number of hydrogen-bond donors (Lipinski definition) is 1. The summed E-state index contributed by atoms with van der Waals surface area (Å²) in [5.41, 5.74) is 7.29. The quantitative estimate of drug-likeness (QED) is 0.793. The van der Waals surface area contributed by atoms with Crippen LogP contribution in [0.5, 0.6) is 0 Å². The van der Waals surface area contributed by atoms with Crippen LogP contribution in [0.25, 0.3) is 22.4 Å². The van der Waals surface area contributed by atoms with E-state index in [0.29, 0.717) is 35.4 Å². The molecular formula is C17H16F3N3. The first-order valence-electron chi connectivity index (χ1n) is 7.36. The molecule has 0 aliphatic heterocycles. The van der Waals surface area contributed by atoms with Crippen LogP contribution < -0.4 is 5.73 Å². The topological polar surface area (TPSA) is 43.8 Å². The number of rotatable bonds is 4. The molecule has 1 heterocycles. The first-order chi connectivity index (χ1) is 11.0. The summed E-state index contributed by atoms with van der Waals surface area (Å²) in [5, 5.41) is 0. The van der Waals surface area contributed by atoms with Crippen molar-refractivity contribution in [3.63, 3.8) is 0 Å². The maximum absolute atomic E-state index is 13.6. The highest BCUT2D eigenvalue weighted by molar-refractivity contribution is 5.81. The highest BCUT2D eigenvalue weighted by Gasteiger charge is 2.17. The van der Waals surface area contributed by atoms with Crippen LogP contribution in [0.2, 0.25) is 0 Å². The molecule has 3 nitrogen and oxygen atoms in total. The lowest BCUT2D eigenvalue weighted by molar-refractivity contribution is 0.509. The Balaban J connectivity index is 2.24. The van der Waals surface area contributed by atoms with E-state index in [2.05, 4.69) is 4.98 Å². The van der Waals surface area contributed by atoms with Crippen molar-refractivity contribution in [2.75, 3.05) is 0 Å². The summed E-state index contributed by atoms with van der Waals surface area (Å²) in [4.78, 5) is 4.35. The van der Waals surface area contributed by atoms with Gasteiger partial charge in [-0.25, -0.2) is 18.2 Å². The molecule has 1 unspecified atom stereocenters. The van der Waals surface area contributed by atoms with Crippen molar-refractivity contribution < 1.29 is 13.2 Å². The van der Waals surface area contributed by atoms with Crippen LogP contribution in [0.3, 0.4) is 0 Å². The van der Waals surface area contributed by atoms with Crippen molar-refractivity contribution in [2.45, 2.75) is 25.9 Å². The Morgan fingerprint density at radius 2 is 1.87 bits per heavy atom. The SMILES string of the molecule is CCC(N)Cn1c(-c2cccc(F)c2)nc2cc(F)c(F)cc21. The summed E-state index contributed by atoms with van der Waals surface area (Å²) in [6, 6.07) is 7.90. The zero-order valence-corrected chi connectivity index (χ0v) is 12.6. The van der Waals surface area contributed by atoms with Crippen molar-refractivity contribution in [1.82, 2.24) is 9.55 Å². The number of fused-ring (bicyclic) bond motifs is 1. The van der Waals surface area contributed by atoms with Crippen molar-refractivity contribution in [3.05, 3.63) is 53.8 Å². The third-order valence-corrected chi connectivity index (χ3v) is 3.81. The van der Waals surface area contributed by atoms with Gasteiger partial charge in [0.2, 0.25) is 0 Å². The van der Waals surface area contributed by atoms with E-state index in [1.165, 1.54) is 12.1 Å². The van der Waals surface area contributed by atoms with Gasteiger partial charge >= 0.3 is 0 Å². The predicted molar refractivity (Wildman–Crippen MR) is 83.3 cm³/mol. The van der Waals surface area contributed by atoms with Crippen LogP contribution in [0, 0.1) is 17.5 Å². The van der Waals surface area contributed by atoms with Crippen LogP contribution in [0.4, 0.5) is 13.2 Å². The maximum Gasteiger partial charge on any atom is 0.161 e. The lowest BCUT2D eigenvalue weighted by Gasteiger charge is -2.14. The predicted octanol–water partition coefficient (Wildman–Crippen LogP) is 3.86. The fourth-order valence-corrected chi connectivity index (χ4v) is 2.52. The lowest BCUT2D eigenvalue weighted by atomic mass is 10.2. The monoisotopic (exact) mass is 319 g/mol. The normalized spacial score (nSPS) is 12.7. The number of nitrogens with two attached hydrogens (primary N) is 1. The van der Waals surface area contributed by atoms with Crippen molar-refractivity contribution in [1.29, 1.82) is 0 Å². The largest absolute Gasteiger partial charge is 0.326 e. The van der Waals surface area contributed by atoms with Gasteiger partial charge in [0.05, 0.1) is 11.0 Å². The van der Waals surface area contributed by atoms with Gasteiger partial charge in [-0.3, -0.25) is 0 Å². The molecule has 0 aliphatic rings. The van der Waals surface area contributed by atoms with Crippen LogP contribution in [0.1, 0.15) is 13.3 Å². The van der Waals surface area contributed by atoms with Crippen molar-refractivity contribution >= 4 is 11.0 Å². The molecular weight excluding hydrogens is 303 g/mol. The highest BCUT2D eigenvalue weighted by atomic mass is 19.2. The Bertz CT molecular complexity index is 858. The van der Waals surface area contributed by atoms with Crippen LogP contribution in [-0.2, 0) is 6.54 Å². The zero-order chi connectivity index (χ0) is 16.6. The molecule has 0 fully saturated rings. The van der Waals surface area contributed by atoms with Gasteiger partial charge in [0, 0.05) is 30.3 Å². The fraction of sp³-hybridized carbons (Fsp3) is 0.235. The Labute approximate surface area is 131 Å². The van der Waals surface area contributed by atoms with Gasteiger partial charge < -0.3 is 10.3 Å². The van der Waals surface area contributed by atoms with Gasteiger partial charge in [0.25, 0.3) is 0 Å². The average molecular weight is 319 g/mol. The molecule has 0 amide bonds. The minimum atomic E-state index is -0.965. The molecule has 0 bridgehead atoms. The summed E-state index contributed by atoms with van der Waals surface area (Å²) in [6.45, 7) is 2.32. The molecule has 0 spiro atoms. The van der Waals surface area contributed by atoms with Gasteiger partial charge in [-0.05, 0) is 18.6 Å². The summed E-state index contributed by atoms with van der Waals surface area (Å²) in [5.74, 6) is -1.88. The maximum atomic E-state index is 13.6. The van der Waals surface area contributed by atoms with Crippen molar-refractivity contribution in [2.24, 2.45) is 5.73 Å². The summed E-state index contributed by atoms with van der Waals surface area (Å²) >= 11 is 0. The van der Waals surface area contributed by atoms with Gasteiger partial charge in [-0.2, -0.15) is 0 Å². The molecule has 0 aliphatic carbocycles. The lowest BCUT2D eigenvalue weighted by Crippen LogP contribution is -2.25. The van der Waals surface area contributed by atoms with E-state index in [1.807, 2.05) is 6.92 Å². The Hall–Kier alpha value is -2.34. The number of nitrogens with zero attached hydrogens (tertiary/aromatic N) is 2. The molecule has 0 saturated heterocycles. The molecule has 120 valence electrons. The number of imidazole rings is 1. The Morgan fingerprint density at radius 3 is 2.57 bits per heavy atom. The molecule has 0 radical (unpaired) electrons. The second-order valence-corrected chi connectivity index (χ2v) is 5.48. The van der Waals surface area contributed by atoms with Crippen LogP contribution >= 0.6 is 0 Å². The fourth-order valence-electron chi connectivity index (χ4n) is 2.52. The first kappa shape index (κ1) is 15.6. The van der Waals surface area contributed by atoms with Gasteiger partial charge in [-0.15, -0.1) is 0 Å². The standard InChI is InChI=1S/C17H16F3N3/c1-2-12(21)9-23-16-8-14(20)13(19)7-15(16)22-17(23)10-4-3-5-11(18)6-10/h3-8,12H,2,9,21H2,1H3. The Kier molecular flexibility index (Phi) is 4.09. The second-order valence-electron chi connectivity index (χ2n) is 5.48. The summed E-state index contributed by atoms with van der Waals surface area (Å²) in [6.07, 6.45) is 0.714. The van der Waals surface area contributed by atoms with Gasteiger partial charge in [0.1, 0.15) is 11.6 Å². The number of benzene rings is 2. The zero-order valence-electron chi connectivity index (χ0n) is 12.6. The first-order valence-corrected chi connectivity index (χ1v) is 7.36. The molecule has 3 aromatic rings. The van der Waals surface area contributed by atoms with Crippen LogP contribution in [0.15, 0.2) is 36.4 Å². The molecule has 1 atom stereocenters. The molecule has 1 aromatic heterocycles. The smallest absolute Gasteiger partial charge is 0.161 e. The number of hydrogen-bond acceptors (Lipinski definition) is 2. The molecule has 23 heavy (non-hydrogen) atoms. The third kappa shape index (κ3) is 2.94. The molecule has 2 aromatic carbocycles. The van der Waals surface area contributed by atoms with E-state index in [4.69, 9.17) is 5.73 Å². The summed E-state index contributed by atoms with van der Waals surface area (Å²) in [7, 11) is 0. The summed E-state index contributed by atoms with van der Waals surface area (Å²) < 4.78 is 42.3. The van der Waals surface area contributed by atoms with E-state index in [1.54, 1.807) is 16.7 Å². The second kappa shape index (κ2) is 6.04. The van der Waals surface area contributed by atoms with E-state index < -0.39 is 17.5 Å². The highest BCUT2D eigenvalue weighted by Crippen LogP contribution is 2.27. The third-order valence-electron chi connectivity index (χ3n) is 3.81. The van der Waals surface area contributed by atoms with E-state index in [0.717, 1.165) is 12.1 Å². The number of aromatic nitrogens is 2. The minimum Gasteiger partial charge on any atom is -0.326 e.